The standard InChI is InChI=1S/C17H23N7O2/c25-17(26)19-9-11-2-1-7-24(10-11)16-18-6-5-14(21-16)20-15-8-13(22-23-15)12-3-4-12/h5-6,8,11-12,19H,1-4,7,9-10H2,(H,25,26)(H2,18,20,21,22,23)/t11-/m0/s1. The molecule has 1 saturated carbocycles. The summed E-state index contributed by atoms with van der Waals surface area (Å²) in [5.41, 5.74) is 1.17. The Morgan fingerprint density at radius 3 is 3.04 bits per heavy atom. The van der Waals surface area contributed by atoms with E-state index in [1.54, 1.807) is 6.20 Å². The van der Waals surface area contributed by atoms with Crippen LogP contribution in [0.2, 0.25) is 0 Å². The first-order valence-electron chi connectivity index (χ1n) is 9.04. The molecule has 138 valence electrons. The molecule has 1 atom stereocenters. The molecule has 2 aromatic rings. The Morgan fingerprint density at radius 1 is 1.35 bits per heavy atom. The van der Waals surface area contributed by atoms with Gasteiger partial charge in [-0.1, -0.05) is 0 Å². The lowest BCUT2D eigenvalue weighted by molar-refractivity contribution is 0.191. The first-order chi connectivity index (χ1) is 12.7. The molecule has 0 aromatic carbocycles. The summed E-state index contributed by atoms with van der Waals surface area (Å²) >= 11 is 0. The molecule has 2 aromatic heterocycles. The SMILES string of the molecule is O=C(O)NC[C@@H]1CCCN(c2nccc(Nc3cc(C4CC4)[nH]n3)n2)C1. The number of anilines is 3. The van der Waals surface area contributed by atoms with Crippen molar-refractivity contribution >= 4 is 23.7 Å². The summed E-state index contributed by atoms with van der Waals surface area (Å²) in [4.78, 5) is 21.8. The number of carbonyl (C=O) groups is 1. The molecule has 0 spiro atoms. The van der Waals surface area contributed by atoms with E-state index < -0.39 is 6.09 Å². The van der Waals surface area contributed by atoms with Crippen LogP contribution in [0.5, 0.6) is 0 Å². The molecule has 9 heteroatoms. The number of rotatable bonds is 6. The monoisotopic (exact) mass is 357 g/mol. The molecule has 0 unspecified atom stereocenters. The number of piperidine rings is 1. The van der Waals surface area contributed by atoms with Gasteiger partial charge in [-0.15, -0.1) is 0 Å². The zero-order valence-electron chi connectivity index (χ0n) is 14.5. The number of hydrogen-bond acceptors (Lipinski definition) is 6. The maximum absolute atomic E-state index is 10.7. The lowest BCUT2D eigenvalue weighted by Gasteiger charge is -2.32. The average molecular weight is 357 g/mol. The molecule has 4 rings (SSSR count). The lowest BCUT2D eigenvalue weighted by Crippen LogP contribution is -2.41. The number of nitrogens with one attached hydrogen (secondary N) is 3. The van der Waals surface area contributed by atoms with Gasteiger partial charge in [-0.05, 0) is 37.7 Å². The Bertz CT molecular complexity index is 774. The number of amides is 1. The fourth-order valence-corrected chi connectivity index (χ4v) is 3.35. The molecular formula is C17H23N7O2. The van der Waals surface area contributed by atoms with Crippen LogP contribution >= 0.6 is 0 Å². The van der Waals surface area contributed by atoms with E-state index in [0.29, 0.717) is 24.2 Å². The minimum atomic E-state index is -0.978. The van der Waals surface area contributed by atoms with Crippen LogP contribution in [0.25, 0.3) is 0 Å². The van der Waals surface area contributed by atoms with Gasteiger partial charge in [-0.3, -0.25) is 5.10 Å². The van der Waals surface area contributed by atoms with Gasteiger partial charge >= 0.3 is 6.09 Å². The van der Waals surface area contributed by atoms with Gasteiger partial charge in [0.2, 0.25) is 5.95 Å². The molecule has 3 heterocycles. The number of nitrogens with zero attached hydrogens (tertiary/aromatic N) is 4. The van der Waals surface area contributed by atoms with E-state index in [0.717, 1.165) is 31.7 Å². The van der Waals surface area contributed by atoms with Gasteiger partial charge in [0.15, 0.2) is 5.82 Å². The van der Waals surface area contributed by atoms with Crippen molar-refractivity contribution in [2.75, 3.05) is 29.9 Å². The van der Waals surface area contributed by atoms with Gasteiger partial charge in [-0.2, -0.15) is 10.1 Å². The molecule has 0 bridgehead atoms. The third-order valence-corrected chi connectivity index (χ3v) is 4.86. The summed E-state index contributed by atoms with van der Waals surface area (Å²) in [7, 11) is 0. The van der Waals surface area contributed by atoms with E-state index in [1.807, 2.05) is 12.1 Å². The van der Waals surface area contributed by atoms with Crippen LogP contribution in [0.15, 0.2) is 18.3 Å². The summed E-state index contributed by atoms with van der Waals surface area (Å²) in [5.74, 6) is 3.03. The third-order valence-electron chi connectivity index (χ3n) is 4.86. The fraction of sp³-hybridized carbons (Fsp3) is 0.529. The van der Waals surface area contributed by atoms with Crippen molar-refractivity contribution < 1.29 is 9.90 Å². The van der Waals surface area contributed by atoms with Crippen LogP contribution in [-0.4, -0.2) is 51.0 Å². The number of aromatic amines is 1. The van der Waals surface area contributed by atoms with Crippen molar-refractivity contribution in [2.45, 2.75) is 31.6 Å². The summed E-state index contributed by atoms with van der Waals surface area (Å²) < 4.78 is 0. The van der Waals surface area contributed by atoms with Gasteiger partial charge in [0.25, 0.3) is 0 Å². The number of hydrogen-bond donors (Lipinski definition) is 4. The Kier molecular flexibility index (Phi) is 4.59. The highest BCUT2D eigenvalue weighted by molar-refractivity contribution is 5.64. The molecule has 9 nitrogen and oxygen atoms in total. The zero-order valence-corrected chi connectivity index (χ0v) is 14.5. The number of carboxylic acid groups (broad SMARTS) is 1. The van der Waals surface area contributed by atoms with E-state index in [1.165, 1.54) is 18.5 Å². The van der Waals surface area contributed by atoms with Gasteiger partial charge in [0.1, 0.15) is 5.82 Å². The lowest BCUT2D eigenvalue weighted by atomic mass is 9.98. The highest BCUT2D eigenvalue weighted by atomic mass is 16.4. The van der Waals surface area contributed by atoms with Crippen LogP contribution in [0.1, 0.15) is 37.3 Å². The summed E-state index contributed by atoms with van der Waals surface area (Å²) in [6, 6.07) is 3.86. The van der Waals surface area contributed by atoms with Gasteiger partial charge in [0, 0.05) is 43.5 Å². The van der Waals surface area contributed by atoms with Crippen LogP contribution in [0.4, 0.5) is 22.4 Å². The largest absolute Gasteiger partial charge is 0.465 e. The first kappa shape index (κ1) is 16.6. The minimum Gasteiger partial charge on any atom is -0.465 e. The molecule has 2 fully saturated rings. The quantitative estimate of drug-likeness (QED) is 0.626. The second-order valence-electron chi connectivity index (χ2n) is 6.99. The van der Waals surface area contributed by atoms with E-state index >= 15 is 0 Å². The smallest absolute Gasteiger partial charge is 0.404 e. The molecule has 1 saturated heterocycles. The van der Waals surface area contributed by atoms with Crippen molar-refractivity contribution in [3.8, 4) is 0 Å². The summed E-state index contributed by atoms with van der Waals surface area (Å²) in [5, 5.41) is 21.8. The van der Waals surface area contributed by atoms with Crippen LogP contribution in [0, 0.1) is 5.92 Å². The Hall–Kier alpha value is -2.84. The average Bonchev–Trinajstić information content (AvgIpc) is 3.40. The second kappa shape index (κ2) is 7.19. The van der Waals surface area contributed by atoms with Crippen LogP contribution in [0.3, 0.4) is 0 Å². The highest BCUT2D eigenvalue weighted by Crippen LogP contribution is 2.39. The second-order valence-corrected chi connectivity index (χ2v) is 6.99. The van der Waals surface area contributed by atoms with Crippen molar-refractivity contribution in [3.05, 3.63) is 24.0 Å². The predicted octanol–water partition coefficient (Wildman–Crippen LogP) is 2.30. The normalized spacial score (nSPS) is 20.0. The Morgan fingerprint density at radius 2 is 2.23 bits per heavy atom. The molecule has 1 amide bonds. The Balaban J connectivity index is 1.40. The van der Waals surface area contributed by atoms with Gasteiger partial charge in [0.05, 0.1) is 0 Å². The van der Waals surface area contributed by atoms with Crippen LogP contribution in [-0.2, 0) is 0 Å². The molecule has 0 radical (unpaired) electrons. The first-order valence-corrected chi connectivity index (χ1v) is 9.04. The number of aromatic nitrogens is 4. The Labute approximate surface area is 151 Å². The summed E-state index contributed by atoms with van der Waals surface area (Å²) in [6.45, 7) is 2.08. The van der Waals surface area contributed by atoms with Crippen molar-refractivity contribution in [3.63, 3.8) is 0 Å². The van der Waals surface area contributed by atoms with Crippen LogP contribution < -0.4 is 15.5 Å². The van der Waals surface area contributed by atoms with Gasteiger partial charge < -0.3 is 20.6 Å². The molecule has 26 heavy (non-hydrogen) atoms. The molecular weight excluding hydrogens is 334 g/mol. The molecule has 1 aliphatic carbocycles. The predicted molar refractivity (Wildman–Crippen MR) is 96.8 cm³/mol. The van der Waals surface area contributed by atoms with Crippen molar-refractivity contribution in [1.82, 2.24) is 25.5 Å². The summed E-state index contributed by atoms with van der Waals surface area (Å²) in [6.07, 6.45) is 5.22. The van der Waals surface area contributed by atoms with E-state index in [2.05, 4.69) is 35.7 Å². The molecule has 2 aliphatic rings. The van der Waals surface area contributed by atoms with Crippen molar-refractivity contribution in [2.24, 2.45) is 5.92 Å². The maximum Gasteiger partial charge on any atom is 0.404 e. The topological polar surface area (TPSA) is 119 Å². The van der Waals surface area contributed by atoms with E-state index in [4.69, 9.17) is 5.11 Å². The molecule has 4 N–H and O–H groups in total. The zero-order chi connectivity index (χ0) is 17.9. The van der Waals surface area contributed by atoms with Crippen molar-refractivity contribution in [1.29, 1.82) is 0 Å². The molecule has 1 aliphatic heterocycles. The number of H-pyrrole nitrogens is 1. The fourth-order valence-electron chi connectivity index (χ4n) is 3.35. The third kappa shape index (κ3) is 4.04. The maximum atomic E-state index is 10.7. The minimum absolute atomic E-state index is 0.271. The highest BCUT2D eigenvalue weighted by Gasteiger charge is 2.26. The van der Waals surface area contributed by atoms with E-state index in [9.17, 15) is 4.79 Å². The van der Waals surface area contributed by atoms with Gasteiger partial charge in [-0.25, -0.2) is 9.78 Å². The van der Waals surface area contributed by atoms with E-state index in [-0.39, 0.29) is 5.92 Å².